The number of aryl methyl sites for hydroxylation is 1. The van der Waals surface area contributed by atoms with Crippen LogP contribution in [0.25, 0.3) is 11.3 Å². The molecular weight excluding hydrogens is 176 g/mol. The van der Waals surface area contributed by atoms with E-state index >= 15 is 0 Å². The topological polar surface area (TPSA) is 38.1 Å². The van der Waals surface area contributed by atoms with E-state index in [4.69, 9.17) is 0 Å². The Morgan fingerprint density at radius 2 is 1.86 bits per heavy atom. The average Bonchev–Trinajstić information content (AvgIpc) is 2.43. The smallest absolute Gasteiger partial charge is 0.237 e. The maximum Gasteiger partial charge on any atom is 0.237 e. The maximum absolute atomic E-state index is 9.63. The van der Waals surface area contributed by atoms with E-state index < -0.39 is 0 Å². The Morgan fingerprint density at radius 3 is 2.36 bits per heavy atom. The van der Waals surface area contributed by atoms with Gasteiger partial charge < -0.3 is 9.67 Å². The van der Waals surface area contributed by atoms with Crippen molar-refractivity contribution < 1.29 is 5.11 Å². The zero-order chi connectivity index (χ0) is 10.1. The van der Waals surface area contributed by atoms with Gasteiger partial charge in [-0.25, -0.2) is 0 Å². The first kappa shape index (κ1) is 8.81. The SMILES string of the molecule is Cc1nc(O)c(-c2ccccc2)n1C. The summed E-state index contributed by atoms with van der Waals surface area (Å²) in [5.74, 6) is 0.901. The molecule has 0 unspecified atom stereocenters. The van der Waals surface area contributed by atoms with Crippen LogP contribution in [0.15, 0.2) is 30.3 Å². The van der Waals surface area contributed by atoms with Crippen molar-refractivity contribution in [2.45, 2.75) is 6.92 Å². The van der Waals surface area contributed by atoms with Crippen molar-refractivity contribution in [3.63, 3.8) is 0 Å². The lowest BCUT2D eigenvalue weighted by atomic mass is 10.1. The number of hydrogen-bond acceptors (Lipinski definition) is 2. The van der Waals surface area contributed by atoms with Crippen molar-refractivity contribution in [3.8, 4) is 17.1 Å². The summed E-state index contributed by atoms with van der Waals surface area (Å²) in [6.07, 6.45) is 0. The molecular formula is C11H12N2O. The van der Waals surface area contributed by atoms with Crippen molar-refractivity contribution in [1.82, 2.24) is 9.55 Å². The van der Waals surface area contributed by atoms with Crippen molar-refractivity contribution >= 4 is 0 Å². The van der Waals surface area contributed by atoms with Gasteiger partial charge in [-0.2, -0.15) is 4.98 Å². The van der Waals surface area contributed by atoms with Crippen LogP contribution in [0.1, 0.15) is 5.82 Å². The van der Waals surface area contributed by atoms with E-state index in [-0.39, 0.29) is 5.88 Å². The van der Waals surface area contributed by atoms with Gasteiger partial charge in [0.25, 0.3) is 0 Å². The Hall–Kier alpha value is -1.77. The van der Waals surface area contributed by atoms with Gasteiger partial charge in [0.1, 0.15) is 11.5 Å². The Balaban J connectivity index is 2.62. The molecule has 0 amide bonds. The average molecular weight is 188 g/mol. The van der Waals surface area contributed by atoms with Crippen LogP contribution in [0.4, 0.5) is 0 Å². The van der Waals surface area contributed by atoms with Crippen LogP contribution in [0.3, 0.4) is 0 Å². The lowest BCUT2D eigenvalue weighted by Gasteiger charge is -2.03. The molecule has 3 heteroatoms. The predicted octanol–water partition coefficient (Wildman–Crippen LogP) is 2.10. The summed E-state index contributed by atoms with van der Waals surface area (Å²) in [6.45, 7) is 1.87. The van der Waals surface area contributed by atoms with Gasteiger partial charge in [-0.3, -0.25) is 0 Å². The monoisotopic (exact) mass is 188 g/mol. The summed E-state index contributed by atoms with van der Waals surface area (Å²) in [6, 6.07) is 9.74. The number of nitrogens with zero attached hydrogens (tertiary/aromatic N) is 2. The van der Waals surface area contributed by atoms with E-state index in [1.165, 1.54) is 0 Å². The second-order valence-electron chi connectivity index (χ2n) is 3.26. The van der Waals surface area contributed by atoms with Gasteiger partial charge in [-0.15, -0.1) is 0 Å². The highest BCUT2D eigenvalue weighted by Gasteiger charge is 2.12. The van der Waals surface area contributed by atoms with Crippen LogP contribution < -0.4 is 0 Å². The molecule has 14 heavy (non-hydrogen) atoms. The molecule has 0 spiro atoms. The molecule has 0 saturated carbocycles. The molecule has 2 aromatic rings. The summed E-state index contributed by atoms with van der Waals surface area (Å²) in [4.78, 5) is 4.01. The highest BCUT2D eigenvalue weighted by Crippen LogP contribution is 2.28. The second-order valence-corrected chi connectivity index (χ2v) is 3.26. The minimum absolute atomic E-state index is 0.0937. The summed E-state index contributed by atoms with van der Waals surface area (Å²) < 4.78 is 1.88. The molecule has 3 nitrogen and oxygen atoms in total. The maximum atomic E-state index is 9.63. The van der Waals surface area contributed by atoms with E-state index in [0.717, 1.165) is 17.1 Å². The second kappa shape index (κ2) is 3.18. The largest absolute Gasteiger partial charge is 0.492 e. The van der Waals surface area contributed by atoms with E-state index in [1.807, 2.05) is 48.9 Å². The number of hydrogen-bond donors (Lipinski definition) is 1. The molecule has 72 valence electrons. The van der Waals surface area contributed by atoms with Crippen LogP contribution in [-0.2, 0) is 7.05 Å². The molecule has 0 saturated heterocycles. The normalized spacial score (nSPS) is 10.4. The third-order valence-corrected chi connectivity index (χ3v) is 2.35. The standard InChI is InChI=1S/C11H12N2O/c1-8-12-11(14)10(13(8)2)9-6-4-3-5-7-9/h3-7,14H,1-2H3. The molecule has 1 aromatic carbocycles. The first-order chi connectivity index (χ1) is 6.70. The van der Waals surface area contributed by atoms with E-state index in [1.54, 1.807) is 0 Å². The van der Waals surface area contributed by atoms with Gasteiger partial charge in [0.2, 0.25) is 5.88 Å². The number of aromatic hydroxyl groups is 1. The van der Waals surface area contributed by atoms with E-state index in [2.05, 4.69) is 4.98 Å². The minimum Gasteiger partial charge on any atom is -0.492 e. The highest BCUT2D eigenvalue weighted by atomic mass is 16.3. The lowest BCUT2D eigenvalue weighted by Crippen LogP contribution is -1.93. The fraction of sp³-hybridized carbons (Fsp3) is 0.182. The summed E-state index contributed by atoms with van der Waals surface area (Å²) >= 11 is 0. The van der Waals surface area contributed by atoms with Gasteiger partial charge in [-0.1, -0.05) is 30.3 Å². The summed E-state index contributed by atoms with van der Waals surface area (Å²) in [5.41, 5.74) is 1.75. The number of rotatable bonds is 1. The molecule has 0 bridgehead atoms. The van der Waals surface area contributed by atoms with E-state index in [0.29, 0.717) is 0 Å². The van der Waals surface area contributed by atoms with Crippen molar-refractivity contribution in [2.24, 2.45) is 7.05 Å². The molecule has 0 aliphatic carbocycles. The molecule has 1 heterocycles. The van der Waals surface area contributed by atoms with Gasteiger partial charge in [0.15, 0.2) is 0 Å². The molecule has 0 fully saturated rings. The molecule has 0 radical (unpaired) electrons. The van der Waals surface area contributed by atoms with Crippen molar-refractivity contribution in [1.29, 1.82) is 0 Å². The fourth-order valence-electron chi connectivity index (χ4n) is 1.51. The van der Waals surface area contributed by atoms with Crippen LogP contribution in [0.5, 0.6) is 5.88 Å². The van der Waals surface area contributed by atoms with Gasteiger partial charge in [0, 0.05) is 12.6 Å². The molecule has 1 N–H and O–H groups in total. The lowest BCUT2D eigenvalue weighted by molar-refractivity contribution is 0.457. The Labute approximate surface area is 82.7 Å². The number of imidazole rings is 1. The molecule has 2 rings (SSSR count). The summed E-state index contributed by atoms with van der Waals surface area (Å²) in [7, 11) is 1.89. The van der Waals surface area contributed by atoms with Crippen molar-refractivity contribution in [2.75, 3.05) is 0 Å². The van der Waals surface area contributed by atoms with Crippen molar-refractivity contribution in [3.05, 3.63) is 36.2 Å². The first-order valence-electron chi connectivity index (χ1n) is 4.48. The van der Waals surface area contributed by atoms with Crippen LogP contribution in [0.2, 0.25) is 0 Å². The number of aromatic nitrogens is 2. The zero-order valence-electron chi connectivity index (χ0n) is 8.23. The fourth-order valence-corrected chi connectivity index (χ4v) is 1.51. The molecule has 0 atom stereocenters. The third-order valence-electron chi connectivity index (χ3n) is 2.35. The molecule has 1 aromatic heterocycles. The van der Waals surface area contributed by atoms with Gasteiger partial charge in [0.05, 0.1) is 0 Å². The third kappa shape index (κ3) is 1.27. The molecule has 0 aliphatic heterocycles. The highest BCUT2D eigenvalue weighted by molar-refractivity contribution is 5.65. The Kier molecular flexibility index (Phi) is 2.00. The van der Waals surface area contributed by atoms with Crippen LogP contribution in [-0.4, -0.2) is 14.7 Å². The predicted molar refractivity (Wildman–Crippen MR) is 55.0 cm³/mol. The summed E-state index contributed by atoms with van der Waals surface area (Å²) in [5, 5.41) is 9.63. The van der Waals surface area contributed by atoms with E-state index in [9.17, 15) is 5.11 Å². The zero-order valence-corrected chi connectivity index (χ0v) is 8.23. The van der Waals surface area contributed by atoms with Gasteiger partial charge in [-0.05, 0) is 6.92 Å². The van der Waals surface area contributed by atoms with Crippen LogP contribution in [0, 0.1) is 6.92 Å². The molecule has 0 aliphatic rings. The Bertz CT molecular complexity index is 446. The van der Waals surface area contributed by atoms with Crippen LogP contribution >= 0.6 is 0 Å². The van der Waals surface area contributed by atoms with Gasteiger partial charge >= 0.3 is 0 Å². The quantitative estimate of drug-likeness (QED) is 0.744. The Morgan fingerprint density at radius 1 is 1.21 bits per heavy atom. The minimum atomic E-state index is 0.0937. The number of benzene rings is 1. The first-order valence-corrected chi connectivity index (χ1v) is 4.48.